The van der Waals surface area contributed by atoms with Crippen LogP contribution in [-0.2, 0) is 4.74 Å². The molecule has 0 spiro atoms. The Labute approximate surface area is 145 Å². The van der Waals surface area contributed by atoms with Crippen molar-refractivity contribution in [3.05, 3.63) is 89.8 Å². The molecule has 0 N–H and O–H groups in total. The molecule has 25 heavy (non-hydrogen) atoms. The Morgan fingerprint density at radius 2 is 1.80 bits per heavy atom. The number of ether oxygens (including phenoxy) is 1. The van der Waals surface area contributed by atoms with E-state index in [1.54, 1.807) is 24.7 Å². The average Bonchev–Trinajstić information content (AvgIpc) is 3.53. The Morgan fingerprint density at radius 3 is 2.52 bits per heavy atom. The summed E-state index contributed by atoms with van der Waals surface area (Å²) in [6.45, 7) is 0. The number of carbonyl (C=O) groups excluding carboxylic acids is 1. The Hall–Kier alpha value is -3.08. The first-order valence-corrected chi connectivity index (χ1v) is 8.30. The first kappa shape index (κ1) is 15.4. The van der Waals surface area contributed by atoms with E-state index in [2.05, 4.69) is 15.0 Å². The van der Waals surface area contributed by atoms with Crippen molar-refractivity contribution in [2.24, 2.45) is 0 Å². The smallest absolute Gasteiger partial charge is 0.358 e. The fourth-order valence-electron chi connectivity index (χ4n) is 2.68. The first-order chi connectivity index (χ1) is 12.3. The second kappa shape index (κ2) is 6.81. The molecule has 4 rings (SSSR count). The number of benzene rings is 1. The van der Waals surface area contributed by atoms with E-state index in [1.807, 2.05) is 42.5 Å². The van der Waals surface area contributed by atoms with Gasteiger partial charge in [0.25, 0.3) is 0 Å². The SMILES string of the molecule is O=C(OC(c1ccccc1)c1cccnc1)c1ccnc(C2CC2)n1. The minimum Gasteiger partial charge on any atom is -0.448 e. The molecular weight excluding hydrogens is 314 g/mol. The lowest BCUT2D eigenvalue weighted by Crippen LogP contribution is -2.15. The van der Waals surface area contributed by atoms with E-state index < -0.39 is 12.1 Å². The van der Waals surface area contributed by atoms with Crippen molar-refractivity contribution in [1.82, 2.24) is 15.0 Å². The van der Waals surface area contributed by atoms with Gasteiger partial charge in [-0.25, -0.2) is 14.8 Å². The maximum absolute atomic E-state index is 12.7. The second-order valence-corrected chi connectivity index (χ2v) is 6.06. The lowest BCUT2D eigenvalue weighted by atomic mass is 10.0. The van der Waals surface area contributed by atoms with Gasteiger partial charge in [-0.2, -0.15) is 0 Å². The van der Waals surface area contributed by atoms with E-state index in [-0.39, 0.29) is 0 Å². The van der Waals surface area contributed by atoms with Gasteiger partial charge in [0.05, 0.1) is 0 Å². The van der Waals surface area contributed by atoms with E-state index in [0.717, 1.165) is 29.8 Å². The first-order valence-electron chi connectivity index (χ1n) is 8.30. The van der Waals surface area contributed by atoms with E-state index in [0.29, 0.717) is 11.6 Å². The fourth-order valence-corrected chi connectivity index (χ4v) is 2.68. The third kappa shape index (κ3) is 3.55. The van der Waals surface area contributed by atoms with E-state index in [1.165, 1.54) is 0 Å². The minimum atomic E-state index is -0.526. The van der Waals surface area contributed by atoms with Crippen molar-refractivity contribution in [2.75, 3.05) is 0 Å². The lowest BCUT2D eigenvalue weighted by Gasteiger charge is -2.18. The normalized spacial score (nSPS) is 14.7. The van der Waals surface area contributed by atoms with Gasteiger partial charge in [-0.15, -0.1) is 0 Å². The standard InChI is InChI=1S/C20H17N3O2/c24-20(17-10-12-22-19(23-17)15-8-9-15)25-18(14-5-2-1-3-6-14)16-7-4-11-21-13-16/h1-7,10-13,15,18H,8-9H2. The summed E-state index contributed by atoms with van der Waals surface area (Å²) in [7, 11) is 0. The summed E-state index contributed by atoms with van der Waals surface area (Å²) in [5.74, 6) is 0.657. The summed E-state index contributed by atoms with van der Waals surface area (Å²) in [6, 6.07) is 15.0. The summed E-state index contributed by atoms with van der Waals surface area (Å²) in [6.07, 6.45) is 6.67. The van der Waals surface area contributed by atoms with Crippen LogP contribution in [0.25, 0.3) is 0 Å². The molecule has 0 saturated heterocycles. The van der Waals surface area contributed by atoms with Crippen molar-refractivity contribution in [2.45, 2.75) is 24.9 Å². The van der Waals surface area contributed by atoms with Crippen LogP contribution < -0.4 is 0 Å². The molecule has 1 saturated carbocycles. The Balaban J connectivity index is 1.62. The highest BCUT2D eigenvalue weighted by Crippen LogP contribution is 2.37. The highest BCUT2D eigenvalue weighted by molar-refractivity contribution is 5.87. The molecule has 1 aromatic carbocycles. The van der Waals surface area contributed by atoms with Crippen molar-refractivity contribution in [1.29, 1.82) is 0 Å². The van der Waals surface area contributed by atoms with Gasteiger partial charge in [-0.1, -0.05) is 36.4 Å². The molecule has 1 fully saturated rings. The zero-order valence-electron chi connectivity index (χ0n) is 13.6. The summed E-state index contributed by atoms with van der Waals surface area (Å²) in [5, 5.41) is 0. The van der Waals surface area contributed by atoms with Crippen LogP contribution in [-0.4, -0.2) is 20.9 Å². The number of pyridine rings is 1. The number of esters is 1. The predicted molar refractivity (Wildman–Crippen MR) is 91.9 cm³/mol. The molecule has 124 valence electrons. The largest absolute Gasteiger partial charge is 0.448 e. The van der Waals surface area contributed by atoms with E-state index in [9.17, 15) is 4.79 Å². The van der Waals surface area contributed by atoms with Crippen LogP contribution in [0, 0.1) is 0 Å². The van der Waals surface area contributed by atoms with Crippen LogP contribution in [0.5, 0.6) is 0 Å². The monoisotopic (exact) mass is 331 g/mol. The Kier molecular flexibility index (Phi) is 4.21. The van der Waals surface area contributed by atoms with Crippen LogP contribution in [0.3, 0.4) is 0 Å². The molecule has 1 aliphatic carbocycles. The number of aromatic nitrogens is 3. The summed E-state index contributed by atoms with van der Waals surface area (Å²) in [5.41, 5.74) is 2.00. The van der Waals surface area contributed by atoms with Gasteiger partial charge in [0.2, 0.25) is 0 Å². The molecule has 2 heterocycles. The maximum Gasteiger partial charge on any atom is 0.358 e. The van der Waals surface area contributed by atoms with Crippen LogP contribution in [0.2, 0.25) is 0 Å². The van der Waals surface area contributed by atoms with Crippen LogP contribution in [0.1, 0.15) is 52.3 Å². The van der Waals surface area contributed by atoms with Gasteiger partial charge in [0.1, 0.15) is 5.82 Å². The second-order valence-electron chi connectivity index (χ2n) is 6.06. The topological polar surface area (TPSA) is 65.0 Å². The number of rotatable bonds is 5. The predicted octanol–water partition coefficient (Wildman–Crippen LogP) is 3.70. The average molecular weight is 331 g/mol. The van der Waals surface area contributed by atoms with Gasteiger partial charge in [0, 0.05) is 30.1 Å². The van der Waals surface area contributed by atoms with Gasteiger partial charge < -0.3 is 4.74 Å². The lowest BCUT2D eigenvalue weighted by molar-refractivity contribution is 0.0370. The Morgan fingerprint density at radius 1 is 1.00 bits per heavy atom. The molecule has 2 aromatic heterocycles. The molecule has 0 radical (unpaired) electrons. The molecule has 3 aromatic rings. The zero-order chi connectivity index (χ0) is 17.1. The molecule has 0 aliphatic heterocycles. The van der Waals surface area contributed by atoms with E-state index in [4.69, 9.17) is 4.74 Å². The zero-order valence-corrected chi connectivity index (χ0v) is 13.6. The quantitative estimate of drug-likeness (QED) is 0.667. The summed E-state index contributed by atoms with van der Waals surface area (Å²) < 4.78 is 5.79. The van der Waals surface area contributed by atoms with Crippen LogP contribution >= 0.6 is 0 Å². The third-order valence-electron chi connectivity index (χ3n) is 4.14. The molecule has 1 unspecified atom stereocenters. The molecule has 5 heteroatoms. The van der Waals surface area contributed by atoms with Crippen molar-refractivity contribution in [3.63, 3.8) is 0 Å². The third-order valence-corrected chi connectivity index (χ3v) is 4.14. The number of carbonyl (C=O) groups is 1. The molecular formula is C20H17N3O2. The number of hydrogen-bond acceptors (Lipinski definition) is 5. The van der Waals surface area contributed by atoms with Crippen molar-refractivity contribution in [3.8, 4) is 0 Å². The molecule has 1 atom stereocenters. The summed E-state index contributed by atoms with van der Waals surface area (Å²) in [4.78, 5) is 25.4. The fraction of sp³-hybridized carbons (Fsp3) is 0.200. The van der Waals surface area contributed by atoms with Crippen LogP contribution in [0.4, 0.5) is 0 Å². The molecule has 5 nitrogen and oxygen atoms in total. The van der Waals surface area contributed by atoms with Gasteiger partial charge in [-0.3, -0.25) is 4.98 Å². The highest BCUT2D eigenvalue weighted by Gasteiger charge is 2.28. The van der Waals surface area contributed by atoms with E-state index >= 15 is 0 Å². The van der Waals surface area contributed by atoms with Gasteiger partial charge in [-0.05, 0) is 30.5 Å². The number of hydrogen-bond donors (Lipinski definition) is 0. The van der Waals surface area contributed by atoms with Crippen molar-refractivity contribution >= 4 is 5.97 Å². The van der Waals surface area contributed by atoms with Gasteiger partial charge >= 0.3 is 5.97 Å². The maximum atomic E-state index is 12.7. The van der Waals surface area contributed by atoms with Crippen molar-refractivity contribution < 1.29 is 9.53 Å². The van der Waals surface area contributed by atoms with Gasteiger partial charge in [0.15, 0.2) is 11.8 Å². The minimum absolute atomic E-state index is 0.293. The van der Waals surface area contributed by atoms with Crippen LogP contribution in [0.15, 0.2) is 67.1 Å². The number of nitrogens with zero attached hydrogens (tertiary/aromatic N) is 3. The Bertz CT molecular complexity index is 825. The highest BCUT2D eigenvalue weighted by atomic mass is 16.5. The molecule has 1 aliphatic rings. The molecule has 0 bridgehead atoms. The summed E-state index contributed by atoms with van der Waals surface area (Å²) >= 11 is 0. The molecule has 0 amide bonds.